The number of aryl methyl sites for hydroxylation is 1. The summed E-state index contributed by atoms with van der Waals surface area (Å²) in [5.41, 5.74) is 5.46. The number of nitriles is 2. The van der Waals surface area contributed by atoms with Crippen molar-refractivity contribution in [3.05, 3.63) is 124 Å². The predicted octanol–water partition coefficient (Wildman–Crippen LogP) is 10.5. The van der Waals surface area contributed by atoms with Gasteiger partial charge in [-0.15, -0.1) is 0 Å². The van der Waals surface area contributed by atoms with E-state index in [2.05, 4.69) is 26.7 Å². The Bertz CT molecular complexity index is 2510. The van der Waals surface area contributed by atoms with Crippen LogP contribution < -0.4 is 0 Å². The number of fused-ring (bicyclic) bond motifs is 6. The second-order valence-electron chi connectivity index (χ2n) is 10.0. The number of benzene rings is 5. The van der Waals surface area contributed by atoms with Crippen molar-refractivity contribution < 1.29 is 8.83 Å². The quantitative estimate of drug-likeness (QED) is 0.201. The number of hydrogen-bond donors (Lipinski definition) is 0. The molecule has 0 aliphatic rings. The Labute approximate surface area is 245 Å². The lowest BCUT2D eigenvalue weighted by molar-refractivity contribution is 0.665. The average Bonchev–Trinajstić information content (AvgIpc) is 3.62. The minimum Gasteiger partial charge on any atom is -0.455 e. The highest BCUT2D eigenvalue weighted by atomic mass is 16.3. The van der Waals surface area contributed by atoms with E-state index < -0.39 is 0 Å². The Morgan fingerprint density at radius 2 is 1.07 bits per heavy atom. The molecule has 5 aromatic carbocycles. The molecule has 0 unspecified atom stereocenters. The van der Waals surface area contributed by atoms with E-state index in [1.54, 1.807) is 12.1 Å². The summed E-state index contributed by atoms with van der Waals surface area (Å²) >= 11 is 0. The molecule has 0 radical (unpaired) electrons. The predicted molar refractivity (Wildman–Crippen MR) is 165 cm³/mol. The summed E-state index contributed by atoms with van der Waals surface area (Å²) < 4.78 is 13.2. The molecular weight excluding hydrogens is 534 g/mol. The van der Waals surface area contributed by atoms with Gasteiger partial charge in [-0.25, -0.2) is 14.5 Å². The summed E-state index contributed by atoms with van der Waals surface area (Å²) in [6.07, 6.45) is 0. The van der Waals surface area contributed by atoms with E-state index in [0.29, 0.717) is 72.1 Å². The molecule has 0 aliphatic carbocycles. The monoisotopic (exact) mass is 549 g/mol. The first-order valence-corrected chi connectivity index (χ1v) is 13.1. The van der Waals surface area contributed by atoms with Crippen LogP contribution >= 0.6 is 0 Å². The Morgan fingerprint density at radius 1 is 0.605 bits per heavy atom. The molecular formula is C36H15N5O2. The molecule has 196 valence electrons. The van der Waals surface area contributed by atoms with Crippen LogP contribution in [0.1, 0.15) is 16.7 Å². The van der Waals surface area contributed by atoms with Gasteiger partial charge in [0, 0.05) is 38.2 Å². The summed E-state index contributed by atoms with van der Waals surface area (Å²) in [7, 11) is 0. The highest BCUT2D eigenvalue weighted by Crippen LogP contribution is 2.55. The maximum atomic E-state index is 10.3. The number of hydrogen-bond acceptors (Lipinski definition) is 4. The van der Waals surface area contributed by atoms with Gasteiger partial charge in [-0.1, -0.05) is 54.1 Å². The maximum Gasteiger partial charge on any atom is 0.189 e. The van der Waals surface area contributed by atoms with Crippen molar-refractivity contribution in [3.8, 4) is 34.4 Å². The van der Waals surface area contributed by atoms with Crippen LogP contribution in [0.4, 0.5) is 17.1 Å². The fourth-order valence-corrected chi connectivity index (χ4v) is 5.96. The normalized spacial score (nSPS) is 10.8. The van der Waals surface area contributed by atoms with Crippen LogP contribution in [0.2, 0.25) is 0 Å². The number of nitrogens with zero attached hydrogens (tertiary/aromatic N) is 5. The molecule has 7 aromatic rings. The lowest BCUT2D eigenvalue weighted by Gasteiger charge is -2.15. The summed E-state index contributed by atoms with van der Waals surface area (Å²) in [5, 5.41) is 23.2. The van der Waals surface area contributed by atoms with Crippen LogP contribution in [-0.4, -0.2) is 0 Å². The van der Waals surface area contributed by atoms with Crippen LogP contribution in [0.15, 0.2) is 81.6 Å². The van der Waals surface area contributed by atoms with Gasteiger partial charge >= 0.3 is 0 Å². The van der Waals surface area contributed by atoms with Gasteiger partial charge in [-0.05, 0) is 36.8 Å². The van der Waals surface area contributed by atoms with Crippen LogP contribution in [0, 0.1) is 49.3 Å². The molecule has 43 heavy (non-hydrogen) atoms. The van der Waals surface area contributed by atoms with Gasteiger partial charge in [-0.3, -0.25) is 0 Å². The highest BCUT2D eigenvalue weighted by Gasteiger charge is 2.30. The molecule has 0 spiro atoms. The third kappa shape index (κ3) is 3.49. The molecule has 2 aromatic heterocycles. The van der Waals surface area contributed by atoms with Crippen molar-refractivity contribution in [2.24, 2.45) is 0 Å². The first-order valence-electron chi connectivity index (χ1n) is 13.1. The first kappa shape index (κ1) is 25.1. The highest BCUT2D eigenvalue weighted by molar-refractivity contribution is 6.31. The van der Waals surface area contributed by atoms with Crippen LogP contribution in [0.5, 0.6) is 0 Å². The number of rotatable bonds is 2. The Morgan fingerprint density at radius 3 is 1.51 bits per heavy atom. The van der Waals surface area contributed by atoms with Gasteiger partial charge in [0.25, 0.3) is 0 Å². The van der Waals surface area contributed by atoms with Crippen molar-refractivity contribution in [2.75, 3.05) is 0 Å². The molecule has 0 aliphatic heterocycles. The van der Waals surface area contributed by atoms with Gasteiger partial charge in [-0.2, -0.15) is 10.5 Å². The molecule has 0 saturated heterocycles. The van der Waals surface area contributed by atoms with E-state index >= 15 is 0 Å². The molecule has 0 bridgehead atoms. The second kappa shape index (κ2) is 9.37. The molecule has 7 rings (SSSR count). The summed E-state index contributed by atoms with van der Waals surface area (Å²) in [5.74, 6) is 0. The van der Waals surface area contributed by atoms with Gasteiger partial charge in [0.2, 0.25) is 0 Å². The molecule has 2 heterocycles. The van der Waals surface area contributed by atoms with Gasteiger partial charge in [0.05, 0.1) is 43.0 Å². The summed E-state index contributed by atoms with van der Waals surface area (Å²) in [4.78, 5) is 11.1. The third-order valence-corrected chi connectivity index (χ3v) is 7.62. The average molecular weight is 550 g/mol. The standard InChI is InChI=1S/C36H15N5O2/c1-19-13-25(40-3)32(26(14-19)41-4)34-31-24-10-6-8-12-28(24)42-35(31)33(30-23-9-5-7-11-27(23)43-36(30)34)29-20(17-37)15-22(39-2)16-21(29)18-38/h5-16H,1H3. The molecule has 0 fully saturated rings. The van der Waals surface area contributed by atoms with E-state index in [1.165, 1.54) is 12.1 Å². The van der Waals surface area contributed by atoms with Gasteiger partial charge in [0.15, 0.2) is 17.1 Å². The molecule has 7 heteroatoms. The maximum absolute atomic E-state index is 10.3. The van der Waals surface area contributed by atoms with Crippen LogP contribution in [0.3, 0.4) is 0 Å². The van der Waals surface area contributed by atoms with Crippen molar-refractivity contribution >= 4 is 60.9 Å². The minimum atomic E-state index is 0.144. The van der Waals surface area contributed by atoms with Crippen LogP contribution in [0.25, 0.3) is 80.7 Å². The largest absolute Gasteiger partial charge is 0.455 e. The number of para-hydroxylation sites is 2. The van der Waals surface area contributed by atoms with E-state index in [4.69, 9.17) is 28.6 Å². The van der Waals surface area contributed by atoms with Gasteiger partial charge < -0.3 is 8.83 Å². The van der Waals surface area contributed by atoms with E-state index in [1.807, 2.05) is 55.5 Å². The lowest BCUT2D eigenvalue weighted by Crippen LogP contribution is -1.94. The van der Waals surface area contributed by atoms with E-state index in [0.717, 1.165) is 10.9 Å². The molecule has 0 saturated carbocycles. The van der Waals surface area contributed by atoms with Crippen molar-refractivity contribution in [1.29, 1.82) is 10.5 Å². The minimum absolute atomic E-state index is 0.144. The van der Waals surface area contributed by atoms with E-state index in [9.17, 15) is 10.5 Å². The summed E-state index contributed by atoms with van der Waals surface area (Å²) in [6.45, 7) is 25.5. The zero-order valence-corrected chi connectivity index (χ0v) is 22.5. The lowest BCUT2D eigenvalue weighted by atomic mass is 9.86. The molecule has 0 amide bonds. The smallest absolute Gasteiger partial charge is 0.189 e. The number of furan rings is 2. The fraction of sp³-hybridized carbons (Fsp3) is 0.0278. The molecule has 7 nitrogen and oxygen atoms in total. The second-order valence-corrected chi connectivity index (χ2v) is 10.0. The third-order valence-electron chi connectivity index (χ3n) is 7.62. The Hall–Kier alpha value is -6.85. The topological polar surface area (TPSA) is 86.9 Å². The van der Waals surface area contributed by atoms with Gasteiger partial charge in [0.1, 0.15) is 22.3 Å². The van der Waals surface area contributed by atoms with Crippen molar-refractivity contribution in [1.82, 2.24) is 0 Å². The van der Waals surface area contributed by atoms with Crippen LogP contribution in [-0.2, 0) is 0 Å². The zero-order chi connectivity index (χ0) is 29.8. The summed E-state index contributed by atoms with van der Waals surface area (Å²) in [6, 6.07) is 25.7. The zero-order valence-electron chi connectivity index (χ0n) is 22.5. The molecule has 0 N–H and O–H groups in total. The first-order chi connectivity index (χ1) is 21.0. The Kier molecular flexibility index (Phi) is 5.48. The van der Waals surface area contributed by atoms with E-state index in [-0.39, 0.29) is 16.8 Å². The SMILES string of the molecule is [C-]#[N+]c1cc(C#N)c(-c2c3oc4ccccc4c3c(-c3c([N+]#[C-])cc(C)cc3[N+]#[C-])c3oc4ccccc4c23)c(C#N)c1. The van der Waals surface area contributed by atoms with Crippen molar-refractivity contribution in [2.45, 2.75) is 6.92 Å². The van der Waals surface area contributed by atoms with Crippen molar-refractivity contribution in [3.63, 3.8) is 0 Å². The fourth-order valence-electron chi connectivity index (χ4n) is 5.96. The molecule has 0 atom stereocenters. The Balaban J connectivity index is 1.86.